The van der Waals surface area contributed by atoms with E-state index in [9.17, 15) is 4.79 Å². The molecule has 0 spiro atoms. The molecule has 0 aliphatic carbocycles. The molecule has 3 aromatic carbocycles. The van der Waals surface area contributed by atoms with Crippen molar-refractivity contribution >= 4 is 34.2 Å². The SMILES string of the molecule is COc1ccccc1C(=O)Nc1cc2nn(-c3ccccc3)nc2cc1Cl. The number of rotatable bonds is 4. The lowest BCUT2D eigenvalue weighted by atomic mass is 10.2. The highest BCUT2D eigenvalue weighted by atomic mass is 35.5. The minimum Gasteiger partial charge on any atom is -0.496 e. The minimum atomic E-state index is -0.316. The second-order valence-electron chi connectivity index (χ2n) is 5.80. The summed E-state index contributed by atoms with van der Waals surface area (Å²) < 4.78 is 5.24. The maximum Gasteiger partial charge on any atom is 0.259 e. The number of amides is 1. The van der Waals surface area contributed by atoms with Crippen molar-refractivity contribution in [3.63, 3.8) is 0 Å². The Kier molecular flexibility index (Phi) is 4.48. The lowest BCUT2D eigenvalue weighted by molar-refractivity contribution is 0.102. The average molecular weight is 379 g/mol. The van der Waals surface area contributed by atoms with Gasteiger partial charge in [-0.15, -0.1) is 10.2 Å². The number of hydrogen-bond donors (Lipinski definition) is 1. The van der Waals surface area contributed by atoms with E-state index in [4.69, 9.17) is 16.3 Å². The van der Waals surface area contributed by atoms with Crippen molar-refractivity contribution in [3.05, 3.63) is 77.3 Å². The number of ether oxygens (including phenoxy) is 1. The van der Waals surface area contributed by atoms with E-state index in [-0.39, 0.29) is 5.91 Å². The Labute approximate surface area is 160 Å². The molecule has 1 heterocycles. The number of benzene rings is 3. The summed E-state index contributed by atoms with van der Waals surface area (Å²) in [6.45, 7) is 0. The predicted molar refractivity (Wildman–Crippen MR) is 105 cm³/mol. The molecule has 1 aromatic heterocycles. The molecule has 0 unspecified atom stereocenters. The van der Waals surface area contributed by atoms with E-state index >= 15 is 0 Å². The van der Waals surface area contributed by atoms with E-state index in [1.54, 1.807) is 36.4 Å². The van der Waals surface area contributed by atoms with Crippen LogP contribution in [-0.4, -0.2) is 28.0 Å². The number of halogens is 1. The van der Waals surface area contributed by atoms with E-state index in [1.165, 1.54) is 11.9 Å². The number of carbonyl (C=O) groups excluding carboxylic acids is 1. The zero-order valence-electron chi connectivity index (χ0n) is 14.4. The summed E-state index contributed by atoms with van der Waals surface area (Å²) in [5.74, 6) is 0.173. The van der Waals surface area contributed by atoms with Gasteiger partial charge in [0.05, 0.1) is 29.1 Å². The van der Waals surface area contributed by atoms with Crippen LogP contribution in [0.1, 0.15) is 10.4 Å². The first-order valence-electron chi connectivity index (χ1n) is 8.22. The maximum absolute atomic E-state index is 12.6. The van der Waals surface area contributed by atoms with Crippen molar-refractivity contribution in [2.45, 2.75) is 0 Å². The Morgan fingerprint density at radius 1 is 1.00 bits per heavy atom. The number of methoxy groups -OCH3 is 1. The summed E-state index contributed by atoms with van der Waals surface area (Å²) in [4.78, 5) is 14.2. The normalized spacial score (nSPS) is 10.7. The first kappa shape index (κ1) is 17.1. The van der Waals surface area contributed by atoms with E-state index in [2.05, 4.69) is 15.5 Å². The zero-order valence-corrected chi connectivity index (χ0v) is 15.1. The van der Waals surface area contributed by atoms with Crippen molar-refractivity contribution in [2.24, 2.45) is 0 Å². The number of nitrogens with one attached hydrogen (secondary N) is 1. The van der Waals surface area contributed by atoms with Crippen LogP contribution in [0.25, 0.3) is 16.7 Å². The van der Waals surface area contributed by atoms with Crippen LogP contribution in [-0.2, 0) is 0 Å². The number of anilines is 1. The Morgan fingerprint density at radius 2 is 1.67 bits per heavy atom. The first-order valence-corrected chi connectivity index (χ1v) is 8.60. The highest BCUT2D eigenvalue weighted by Crippen LogP contribution is 2.28. The number of fused-ring (bicyclic) bond motifs is 1. The minimum absolute atomic E-state index is 0.316. The number of nitrogens with zero attached hydrogens (tertiary/aromatic N) is 3. The zero-order chi connectivity index (χ0) is 18.8. The first-order chi connectivity index (χ1) is 13.2. The highest BCUT2D eigenvalue weighted by molar-refractivity contribution is 6.34. The topological polar surface area (TPSA) is 69.0 Å². The van der Waals surface area contributed by atoms with E-state index in [0.717, 1.165) is 5.69 Å². The summed E-state index contributed by atoms with van der Waals surface area (Å²) in [5, 5.41) is 12.1. The molecule has 0 aliphatic rings. The van der Waals surface area contributed by atoms with Crippen molar-refractivity contribution in [1.82, 2.24) is 15.0 Å². The molecule has 0 saturated carbocycles. The molecule has 7 heteroatoms. The van der Waals surface area contributed by atoms with Gasteiger partial charge in [0.25, 0.3) is 5.91 Å². The third-order valence-electron chi connectivity index (χ3n) is 4.06. The van der Waals surface area contributed by atoms with Gasteiger partial charge in [0.2, 0.25) is 0 Å². The summed E-state index contributed by atoms with van der Waals surface area (Å²) in [5.41, 5.74) is 2.98. The van der Waals surface area contributed by atoms with Crippen LogP contribution < -0.4 is 10.1 Å². The van der Waals surface area contributed by atoms with E-state index < -0.39 is 0 Å². The van der Waals surface area contributed by atoms with Crippen LogP contribution in [0, 0.1) is 0 Å². The quantitative estimate of drug-likeness (QED) is 0.573. The molecule has 0 radical (unpaired) electrons. The molecule has 0 fully saturated rings. The lowest BCUT2D eigenvalue weighted by Gasteiger charge is -2.10. The molecule has 0 aliphatic heterocycles. The fourth-order valence-corrected chi connectivity index (χ4v) is 2.94. The molecule has 0 bridgehead atoms. The summed E-state index contributed by atoms with van der Waals surface area (Å²) in [7, 11) is 1.52. The van der Waals surface area contributed by atoms with Crippen LogP contribution in [0.4, 0.5) is 5.69 Å². The molecular weight excluding hydrogens is 364 g/mol. The largest absolute Gasteiger partial charge is 0.496 e. The molecule has 0 saturated heterocycles. The van der Waals surface area contributed by atoms with Crippen molar-refractivity contribution in [1.29, 1.82) is 0 Å². The van der Waals surface area contributed by atoms with Gasteiger partial charge in [-0.05, 0) is 36.4 Å². The van der Waals surface area contributed by atoms with Gasteiger partial charge in [0.1, 0.15) is 16.8 Å². The molecule has 6 nitrogen and oxygen atoms in total. The average Bonchev–Trinajstić information content (AvgIpc) is 3.11. The van der Waals surface area contributed by atoms with Crippen LogP contribution in [0.3, 0.4) is 0 Å². The van der Waals surface area contributed by atoms with Crippen molar-refractivity contribution in [2.75, 3.05) is 12.4 Å². The number of hydrogen-bond acceptors (Lipinski definition) is 4. The van der Waals surface area contributed by atoms with Crippen LogP contribution >= 0.6 is 11.6 Å². The van der Waals surface area contributed by atoms with Gasteiger partial charge in [0, 0.05) is 0 Å². The summed E-state index contributed by atoms with van der Waals surface area (Å²) in [6, 6.07) is 19.9. The van der Waals surface area contributed by atoms with E-state index in [1.807, 2.05) is 30.3 Å². The number of para-hydroxylation sites is 2. The summed E-state index contributed by atoms with van der Waals surface area (Å²) in [6.07, 6.45) is 0. The Bertz CT molecular complexity index is 1130. The molecular formula is C20H15ClN4O2. The molecule has 4 aromatic rings. The molecule has 0 atom stereocenters. The van der Waals surface area contributed by atoms with Gasteiger partial charge in [0.15, 0.2) is 0 Å². The maximum atomic E-state index is 12.6. The molecule has 27 heavy (non-hydrogen) atoms. The van der Waals surface area contributed by atoms with Crippen molar-refractivity contribution in [3.8, 4) is 11.4 Å². The molecule has 4 rings (SSSR count). The number of aromatic nitrogens is 3. The fourth-order valence-electron chi connectivity index (χ4n) is 2.73. The second-order valence-corrected chi connectivity index (χ2v) is 6.21. The van der Waals surface area contributed by atoms with Gasteiger partial charge in [-0.2, -0.15) is 4.80 Å². The van der Waals surface area contributed by atoms with Gasteiger partial charge in [-0.3, -0.25) is 4.79 Å². The van der Waals surface area contributed by atoms with Gasteiger partial charge in [-0.25, -0.2) is 0 Å². The van der Waals surface area contributed by atoms with Gasteiger partial charge >= 0.3 is 0 Å². The Balaban J connectivity index is 1.68. The Morgan fingerprint density at radius 3 is 2.41 bits per heavy atom. The molecule has 1 N–H and O–H groups in total. The Hall–Kier alpha value is -3.38. The smallest absolute Gasteiger partial charge is 0.259 e. The predicted octanol–water partition coefficient (Wildman–Crippen LogP) is 4.33. The monoisotopic (exact) mass is 378 g/mol. The van der Waals surface area contributed by atoms with Crippen LogP contribution in [0.5, 0.6) is 5.75 Å². The van der Waals surface area contributed by atoms with Crippen LogP contribution in [0.15, 0.2) is 66.7 Å². The lowest BCUT2D eigenvalue weighted by Crippen LogP contribution is -2.13. The highest BCUT2D eigenvalue weighted by Gasteiger charge is 2.15. The molecule has 134 valence electrons. The number of carbonyl (C=O) groups is 1. The van der Waals surface area contributed by atoms with Crippen molar-refractivity contribution < 1.29 is 9.53 Å². The van der Waals surface area contributed by atoms with E-state index in [0.29, 0.717) is 33.1 Å². The van der Waals surface area contributed by atoms with Gasteiger partial charge < -0.3 is 10.1 Å². The standard InChI is InChI=1S/C20H15ClN4O2/c1-27-19-10-6-5-9-14(19)20(26)22-16-12-18-17(11-15(16)21)23-25(24-18)13-7-3-2-4-8-13/h2-12H,1H3,(H,22,26). The molecule has 1 amide bonds. The van der Waals surface area contributed by atoms with Crippen LogP contribution in [0.2, 0.25) is 5.02 Å². The third-order valence-corrected chi connectivity index (χ3v) is 4.37. The second kappa shape index (κ2) is 7.09. The van der Waals surface area contributed by atoms with Gasteiger partial charge in [-0.1, -0.05) is 41.9 Å². The summed E-state index contributed by atoms with van der Waals surface area (Å²) >= 11 is 6.34. The fraction of sp³-hybridized carbons (Fsp3) is 0.0500. The third kappa shape index (κ3) is 3.35.